The average molecular weight is 523 g/mol. The summed E-state index contributed by atoms with van der Waals surface area (Å²) in [5.74, 6) is -0.894. The van der Waals surface area contributed by atoms with Crippen molar-refractivity contribution in [3.8, 4) is 5.75 Å². The lowest BCUT2D eigenvalue weighted by Crippen LogP contribution is -2.62. The van der Waals surface area contributed by atoms with Crippen molar-refractivity contribution in [1.29, 1.82) is 0 Å². The van der Waals surface area contributed by atoms with Gasteiger partial charge in [-0.15, -0.1) is 6.58 Å². The van der Waals surface area contributed by atoms with E-state index in [0.717, 1.165) is 23.7 Å². The van der Waals surface area contributed by atoms with Gasteiger partial charge in [-0.3, -0.25) is 19.2 Å². The molecule has 1 saturated carbocycles. The fourth-order valence-electron chi connectivity index (χ4n) is 6.40. The highest BCUT2D eigenvalue weighted by atomic mass is 16.5. The van der Waals surface area contributed by atoms with Gasteiger partial charge in [0.25, 0.3) is 5.91 Å². The average Bonchev–Trinajstić information content (AvgIpc) is 3.60. The lowest BCUT2D eigenvalue weighted by molar-refractivity contribution is -0.138. The summed E-state index contributed by atoms with van der Waals surface area (Å²) in [7, 11) is 1.57. The van der Waals surface area contributed by atoms with Crippen molar-refractivity contribution < 1.29 is 29.0 Å². The normalized spacial score (nSPS) is 26.8. The minimum Gasteiger partial charge on any atom is -0.496 e. The van der Waals surface area contributed by atoms with Crippen molar-refractivity contribution in [1.82, 2.24) is 20.5 Å². The molecule has 3 aliphatic heterocycles. The Morgan fingerprint density at radius 1 is 1.34 bits per heavy atom. The number of aliphatic hydroxyl groups is 1. The third-order valence-corrected chi connectivity index (χ3v) is 8.51. The van der Waals surface area contributed by atoms with E-state index < -0.39 is 29.9 Å². The molecule has 0 unspecified atom stereocenters. The second kappa shape index (κ2) is 9.90. The fourth-order valence-corrected chi connectivity index (χ4v) is 6.40. The van der Waals surface area contributed by atoms with E-state index in [9.17, 15) is 24.3 Å². The second-order valence-electron chi connectivity index (χ2n) is 10.8. The van der Waals surface area contributed by atoms with Gasteiger partial charge in [-0.2, -0.15) is 0 Å². The molecule has 2 atom stereocenters. The number of H-pyrrole nitrogens is 1. The smallest absolute Gasteiger partial charge is 0.271 e. The van der Waals surface area contributed by atoms with Gasteiger partial charge in [0, 0.05) is 35.3 Å². The highest BCUT2D eigenvalue weighted by molar-refractivity contribution is 6.04. The van der Waals surface area contributed by atoms with Crippen molar-refractivity contribution in [3.05, 3.63) is 42.6 Å². The van der Waals surface area contributed by atoms with Crippen LogP contribution in [0.4, 0.5) is 0 Å². The van der Waals surface area contributed by atoms with Crippen molar-refractivity contribution in [2.75, 3.05) is 26.8 Å². The summed E-state index contributed by atoms with van der Waals surface area (Å²) in [6, 6.07) is 6.28. The molecule has 2 aromatic rings. The number of rotatable bonds is 10. The number of carbonyl (C=O) groups excluding carboxylic acids is 4. The number of aliphatic hydroxyl groups excluding tert-OH is 1. The molecule has 0 radical (unpaired) electrons. The monoisotopic (exact) mass is 522 g/mol. The first-order valence-corrected chi connectivity index (χ1v) is 13.1. The Kier molecular flexibility index (Phi) is 6.77. The summed E-state index contributed by atoms with van der Waals surface area (Å²) in [6.45, 7) is 4.21. The molecule has 4 N–H and O–H groups in total. The van der Waals surface area contributed by atoms with Crippen LogP contribution in [0.1, 0.15) is 49.0 Å². The molecule has 4 heterocycles. The first kappa shape index (κ1) is 26.0. The van der Waals surface area contributed by atoms with Crippen LogP contribution in [-0.4, -0.2) is 76.9 Å². The SMILES string of the molecule is C=CC12CN(C(=O)c3cc4c(OC)cccc4[nH]3)C(C(=O)N[C@@H](CC[C@@H]3CCCNC3=O)C(=O)CO)(C1)C2. The molecule has 2 bridgehead atoms. The predicted octanol–water partition coefficient (Wildman–Crippen LogP) is 1.69. The zero-order valence-electron chi connectivity index (χ0n) is 21.5. The van der Waals surface area contributed by atoms with E-state index in [1.165, 1.54) is 0 Å². The number of carbonyl (C=O) groups is 4. The largest absolute Gasteiger partial charge is 0.496 e. The van der Waals surface area contributed by atoms with Crippen molar-refractivity contribution in [2.45, 2.75) is 50.1 Å². The maximum absolute atomic E-state index is 13.8. The first-order valence-electron chi connectivity index (χ1n) is 13.1. The Morgan fingerprint density at radius 3 is 2.82 bits per heavy atom. The van der Waals surface area contributed by atoms with Gasteiger partial charge >= 0.3 is 0 Å². The number of ether oxygens (including phenoxy) is 1. The van der Waals surface area contributed by atoms with Gasteiger partial charge in [-0.25, -0.2) is 0 Å². The van der Waals surface area contributed by atoms with E-state index in [1.54, 1.807) is 24.2 Å². The number of aromatic nitrogens is 1. The van der Waals surface area contributed by atoms with E-state index in [-0.39, 0.29) is 29.6 Å². The third kappa shape index (κ3) is 4.26. The Morgan fingerprint density at radius 2 is 2.13 bits per heavy atom. The van der Waals surface area contributed by atoms with Crippen LogP contribution in [0.15, 0.2) is 36.9 Å². The van der Waals surface area contributed by atoms with E-state index in [2.05, 4.69) is 22.2 Å². The number of hydrogen-bond donors (Lipinski definition) is 4. The van der Waals surface area contributed by atoms with Crippen LogP contribution in [0.5, 0.6) is 5.75 Å². The Labute approximate surface area is 220 Å². The lowest BCUT2D eigenvalue weighted by Gasteiger charge is -2.45. The standard InChI is InChI=1S/C28H34N4O6/c1-3-27-14-28(15-27,26(37)31-20(22(34)13-33)10-9-17-6-5-11-29-24(17)35)32(16-27)25(36)21-12-18-19(30-21)7-4-8-23(18)38-2/h3-4,7-8,12,17,20,30,33H,1,5-6,9-11,13-16H2,2H3,(H,29,35)(H,31,37)/t17-,20-,27?,28?/m0/s1. The quantitative estimate of drug-likeness (QED) is 0.350. The number of benzene rings is 1. The molecule has 4 aliphatic rings. The van der Waals surface area contributed by atoms with Crippen LogP contribution in [0, 0.1) is 11.3 Å². The molecule has 6 rings (SSSR count). The zero-order chi connectivity index (χ0) is 27.1. The Balaban J connectivity index is 1.36. The lowest BCUT2D eigenvalue weighted by atomic mass is 9.61. The number of ketones is 1. The molecular weight excluding hydrogens is 488 g/mol. The van der Waals surface area contributed by atoms with Crippen LogP contribution in [0.2, 0.25) is 0 Å². The molecular formula is C28H34N4O6. The summed E-state index contributed by atoms with van der Waals surface area (Å²) >= 11 is 0. The number of hydrogen-bond acceptors (Lipinski definition) is 6. The molecule has 1 aliphatic carbocycles. The summed E-state index contributed by atoms with van der Waals surface area (Å²) < 4.78 is 5.42. The van der Waals surface area contributed by atoms with Crippen LogP contribution in [-0.2, 0) is 14.4 Å². The topological polar surface area (TPSA) is 141 Å². The van der Waals surface area contributed by atoms with E-state index in [4.69, 9.17) is 4.74 Å². The summed E-state index contributed by atoms with van der Waals surface area (Å²) in [5.41, 5.74) is -0.401. The molecule has 3 amide bonds. The van der Waals surface area contributed by atoms with Gasteiger partial charge in [0.05, 0.1) is 13.2 Å². The number of methoxy groups -OCH3 is 1. The van der Waals surface area contributed by atoms with Gasteiger partial charge in [0.1, 0.15) is 23.6 Å². The minimum absolute atomic E-state index is 0.0475. The van der Waals surface area contributed by atoms with Crippen LogP contribution >= 0.6 is 0 Å². The summed E-state index contributed by atoms with van der Waals surface area (Å²) in [5, 5.41) is 16.0. The number of nitrogens with zero attached hydrogens (tertiary/aromatic N) is 1. The Bertz CT molecular complexity index is 1290. The molecule has 0 spiro atoms. The zero-order valence-corrected chi connectivity index (χ0v) is 21.5. The minimum atomic E-state index is -1.12. The number of nitrogens with one attached hydrogen (secondary N) is 3. The molecule has 10 nitrogen and oxygen atoms in total. The van der Waals surface area contributed by atoms with Crippen LogP contribution in [0.3, 0.4) is 0 Å². The number of piperidine rings is 1. The maximum Gasteiger partial charge on any atom is 0.271 e. The molecule has 202 valence electrons. The highest BCUT2D eigenvalue weighted by Gasteiger charge is 2.69. The van der Waals surface area contributed by atoms with Gasteiger partial charge in [0.15, 0.2) is 5.78 Å². The van der Waals surface area contributed by atoms with Gasteiger partial charge in [0.2, 0.25) is 11.8 Å². The van der Waals surface area contributed by atoms with Crippen molar-refractivity contribution in [2.24, 2.45) is 11.3 Å². The van der Waals surface area contributed by atoms with Crippen molar-refractivity contribution in [3.63, 3.8) is 0 Å². The molecule has 1 aromatic carbocycles. The van der Waals surface area contributed by atoms with E-state index in [1.807, 2.05) is 18.2 Å². The van der Waals surface area contributed by atoms with E-state index >= 15 is 0 Å². The summed E-state index contributed by atoms with van der Waals surface area (Å²) in [6.07, 6.45) is 4.88. The number of amides is 3. The molecule has 38 heavy (non-hydrogen) atoms. The summed E-state index contributed by atoms with van der Waals surface area (Å²) in [4.78, 5) is 57.0. The fraction of sp³-hybridized carbons (Fsp3) is 0.500. The van der Waals surface area contributed by atoms with Crippen LogP contribution in [0.25, 0.3) is 10.9 Å². The maximum atomic E-state index is 13.8. The van der Waals surface area contributed by atoms with Gasteiger partial charge in [-0.1, -0.05) is 12.1 Å². The Hall–Kier alpha value is -3.66. The van der Waals surface area contributed by atoms with E-state index in [0.29, 0.717) is 43.8 Å². The molecule has 3 saturated heterocycles. The molecule has 4 fully saturated rings. The third-order valence-electron chi connectivity index (χ3n) is 8.51. The number of aromatic amines is 1. The number of Topliss-reactive ketones (excluding diaryl/α,β-unsaturated/α-hetero) is 1. The number of fused-ring (bicyclic) bond motifs is 2. The van der Waals surface area contributed by atoms with Crippen LogP contribution < -0.4 is 15.4 Å². The molecule has 1 aromatic heterocycles. The second-order valence-corrected chi connectivity index (χ2v) is 10.8. The highest BCUT2D eigenvalue weighted by Crippen LogP contribution is 2.60. The van der Waals surface area contributed by atoms with Crippen molar-refractivity contribution >= 4 is 34.4 Å². The van der Waals surface area contributed by atoms with Gasteiger partial charge in [-0.05, 0) is 56.7 Å². The predicted molar refractivity (Wildman–Crippen MR) is 139 cm³/mol. The molecule has 10 heteroatoms. The first-order chi connectivity index (χ1) is 18.3. The van der Waals surface area contributed by atoms with Gasteiger partial charge < -0.3 is 30.4 Å².